The number of fused-ring (bicyclic) bond motifs is 3. The Morgan fingerprint density at radius 3 is 2.74 bits per heavy atom. The van der Waals surface area contributed by atoms with Crippen molar-refractivity contribution in [2.24, 2.45) is 5.92 Å². The van der Waals surface area contributed by atoms with Crippen molar-refractivity contribution in [3.8, 4) is 0 Å². The van der Waals surface area contributed by atoms with Gasteiger partial charge in [-0.25, -0.2) is 13.1 Å². The second-order valence-electron chi connectivity index (χ2n) is 6.92. The molecule has 3 unspecified atom stereocenters. The fourth-order valence-corrected chi connectivity index (χ4v) is 5.15. The number of rotatable bonds is 5. The van der Waals surface area contributed by atoms with Crippen LogP contribution in [0.3, 0.4) is 0 Å². The molecule has 2 aromatic carbocycles. The first-order valence-corrected chi connectivity index (χ1v) is 10.8. The van der Waals surface area contributed by atoms with Gasteiger partial charge < -0.3 is 5.32 Å². The van der Waals surface area contributed by atoms with Gasteiger partial charge in [-0.05, 0) is 53.8 Å². The largest absolute Gasteiger partial charge is 0.378 e. The van der Waals surface area contributed by atoms with E-state index < -0.39 is 10.0 Å². The summed E-state index contributed by atoms with van der Waals surface area (Å²) in [5.41, 5.74) is 3.19. The summed E-state index contributed by atoms with van der Waals surface area (Å²) in [5, 5.41) is 4.33. The summed E-state index contributed by atoms with van der Waals surface area (Å²) in [6.45, 7) is 3.77. The van der Waals surface area contributed by atoms with Crippen LogP contribution in [0, 0.1) is 5.92 Å². The van der Waals surface area contributed by atoms with Crippen LogP contribution in [0.1, 0.15) is 29.5 Å². The molecule has 1 heterocycles. The number of anilines is 1. The molecule has 0 bridgehead atoms. The minimum Gasteiger partial charge on any atom is -0.378 e. The number of sulfonamides is 1. The molecule has 2 aliphatic rings. The van der Waals surface area contributed by atoms with Gasteiger partial charge in [0.15, 0.2) is 0 Å². The van der Waals surface area contributed by atoms with Gasteiger partial charge in [-0.3, -0.25) is 0 Å². The van der Waals surface area contributed by atoms with Gasteiger partial charge in [0.1, 0.15) is 0 Å². The Kier molecular flexibility index (Phi) is 4.84. The molecule has 1 aliphatic carbocycles. The molecule has 140 valence electrons. The molecule has 4 rings (SSSR count). The summed E-state index contributed by atoms with van der Waals surface area (Å²) in [4.78, 5) is 0.286. The zero-order valence-corrected chi connectivity index (χ0v) is 16.3. The molecule has 0 aromatic heterocycles. The van der Waals surface area contributed by atoms with E-state index in [2.05, 4.69) is 40.9 Å². The number of allylic oxidation sites excluding steroid dienone is 2. The summed E-state index contributed by atoms with van der Waals surface area (Å²) in [5.74, 6) is 0.536. The van der Waals surface area contributed by atoms with Gasteiger partial charge in [0.05, 0.1) is 10.9 Å². The van der Waals surface area contributed by atoms with E-state index in [0.29, 0.717) is 5.92 Å². The number of hydrogen-bond donors (Lipinski definition) is 2. The normalized spacial score (nSPS) is 23.4. The van der Waals surface area contributed by atoms with Gasteiger partial charge in [0.25, 0.3) is 0 Å². The van der Waals surface area contributed by atoms with Crippen LogP contribution in [-0.4, -0.2) is 15.0 Å². The second-order valence-corrected chi connectivity index (χ2v) is 9.12. The van der Waals surface area contributed by atoms with E-state index >= 15 is 0 Å². The first-order valence-electron chi connectivity index (χ1n) is 8.93. The predicted molar refractivity (Wildman–Crippen MR) is 110 cm³/mol. The summed E-state index contributed by atoms with van der Waals surface area (Å²) < 4.78 is 27.5. The molecule has 6 heteroatoms. The third-order valence-electron chi connectivity index (χ3n) is 5.29. The lowest BCUT2D eigenvalue weighted by Crippen LogP contribution is -2.30. The molecule has 2 aromatic rings. The van der Waals surface area contributed by atoms with Crippen LogP contribution >= 0.6 is 11.6 Å². The highest BCUT2D eigenvalue weighted by Crippen LogP contribution is 2.50. The van der Waals surface area contributed by atoms with Gasteiger partial charge in [0.2, 0.25) is 10.0 Å². The first kappa shape index (κ1) is 18.3. The van der Waals surface area contributed by atoms with E-state index in [1.165, 1.54) is 11.6 Å². The van der Waals surface area contributed by atoms with Crippen molar-refractivity contribution in [3.05, 3.63) is 83.4 Å². The molecule has 0 radical (unpaired) electrons. The molecular weight excluding hydrogens is 380 g/mol. The number of benzene rings is 2. The fourth-order valence-electron chi connectivity index (χ4n) is 3.99. The monoisotopic (exact) mass is 400 g/mol. The molecule has 4 nitrogen and oxygen atoms in total. The molecule has 0 spiro atoms. The van der Waals surface area contributed by atoms with Gasteiger partial charge in [-0.15, -0.1) is 6.58 Å². The van der Waals surface area contributed by atoms with Gasteiger partial charge in [-0.2, -0.15) is 0 Å². The zero-order valence-electron chi connectivity index (χ0n) is 14.7. The maximum atomic E-state index is 12.5. The molecule has 0 saturated heterocycles. The number of halogens is 1. The summed E-state index contributed by atoms with van der Waals surface area (Å²) >= 11 is 6.04. The third kappa shape index (κ3) is 3.43. The van der Waals surface area contributed by atoms with E-state index in [-0.39, 0.29) is 23.4 Å². The maximum absolute atomic E-state index is 12.5. The maximum Gasteiger partial charge on any atom is 0.240 e. The molecule has 0 fully saturated rings. The van der Waals surface area contributed by atoms with E-state index in [0.717, 1.165) is 22.7 Å². The SMILES string of the molecule is C=CCNS(=O)(=O)c1ccc2c(c1)C1C=CCC1C(c1ccc(Cl)cc1)N2. The number of hydrogen-bond acceptors (Lipinski definition) is 3. The van der Waals surface area contributed by atoms with Crippen LogP contribution in [0.2, 0.25) is 5.02 Å². The molecule has 0 amide bonds. The van der Waals surface area contributed by atoms with Crippen LogP contribution in [0.15, 0.2) is 72.2 Å². The molecule has 27 heavy (non-hydrogen) atoms. The highest BCUT2D eigenvalue weighted by molar-refractivity contribution is 7.89. The third-order valence-corrected chi connectivity index (χ3v) is 6.96. The Morgan fingerprint density at radius 1 is 1.22 bits per heavy atom. The predicted octanol–water partition coefficient (Wildman–Crippen LogP) is 4.63. The fraction of sp³-hybridized carbons (Fsp3) is 0.238. The standard InChI is InChI=1S/C21H21ClN2O2S/c1-2-12-23-27(25,26)16-10-11-20-19(13-16)17-4-3-5-18(17)21(24-20)14-6-8-15(22)9-7-14/h2-4,6-11,13,17-18,21,23-24H,1,5,12H2. The van der Waals surface area contributed by atoms with Crippen LogP contribution in [-0.2, 0) is 10.0 Å². The van der Waals surface area contributed by atoms with Crippen LogP contribution in [0.5, 0.6) is 0 Å². The lowest BCUT2D eigenvalue weighted by atomic mass is 9.77. The molecular formula is C21H21ClN2O2S. The van der Waals surface area contributed by atoms with E-state index in [9.17, 15) is 8.42 Å². The second kappa shape index (κ2) is 7.15. The lowest BCUT2D eigenvalue weighted by molar-refractivity contribution is 0.425. The Bertz CT molecular complexity index is 999. The summed E-state index contributed by atoms with van der Waals surface area (Å²) in [7, 11) is -3.54. The van der Waals surface area contributed by atoms with E-state index in [1.807, 2.05) is 18.2 Å². The minimum absolute atomic E-state index is 0.163. The summed E-state index contributed by atoms with van der Waals surface area (Å²) in [6.07, 6.45) is 6.87. The van der Waals surface area contributed by atoms with E-state index in [1.54, 1.807) is 12.1 Å². The highest BCUT2D eigenvalue weighted by atomic mass is 35.5. The molecule has 0 saturated carbocycles. The lowest BCUT2D eigenvalue weighted by Gasteiger charge is -2.37. The van der Waals surface area contributed by atoms with E-state index in [4.69, 9.17) is 11.6 Å². The Labute approximate surface area is 165 Å². The van der Waals surface area contributed by atoms with Crippen LogP contribution in [0.4, 0.5) is 5.69 Å². The quantitative estimate of drug-likeness (QED) is 0.719. The molecule has 2 N–H and O–H groups in total. The highest BCUT2D eigenvalue weighted by Gasteiger charge is 2.38. The topological polar surface area (TPSA) is 58.2 Å². The minimum atomic E-state index is -3.54. The number of nitrogens with one attached hydrogen (secondary N) is 2. The van der Waals surface area contributed by atoms with Crippen LogP contribution < -0.4 is 10.0 Å². The van der Waals surface area contributed by atoms with Crippen molar-refractivity contribution >= 4 is 27.3 Å². The summed E-state index contributed by atoms with van der Waals surface area (Å²) in [6, 6.07) is 13.4. The molecule has 3 atom stereocenters. The van der Waals surface area contributed by atoms with Gasteiger partial charge in [0, 0.05) is 23.2 Å². The van der Waals surface area contributed by atoms with Crippen molar-refractivity contribution in [2.75, 3.05) is 11.9 Å². The van der Waals surface area contributed by atoms with Gasteiger partial charge >= 0.3 is 0 Å². The Balaban J connectivity index is 1.71. The molecule has 1 aliphatic heterocycles. The van der Waals surface area contributed by atoms with Crippen molar-refractivity contribution < 1.29 is 8.42 Å². The van der Waals surface area contributed by atoms with Crippen molar-refractivity contribution in [2.45, 2.75) is 23.3 Å². The Hall–Kier alpha value is -2.08. The van der Waals surface area contributed by atoms with Gasteiger partial charge in [-0.1, -0.05) is 42.0 Å². The zero-order chi connectivity index (χ0) is 19.0. The first-order chi connectivity index (χ1) is 13.0. The Morgan fingerprint density at radius 2 is 2.00 bits per heavy atom. The average molecular weight is 401 g/mol. The van der Waals surface area contributed by atoms with Crippen molar-refractivity contribution in [1.82, 2.24) is 4.72 Å². The van der Waals surface area contributed by atoms with Crippen molar-refractivity contribution in [1.29, 1.82) is 0 Å². The smallest absolute Gasteiger partial charge is 0.240 e. The average Bonchev–Trinajstić information content (AvgIpc) is 3.16. The van der Waals surface area contributed by atoms with Crippen molar-refractivity contribution in [3.63, 3.8) is 0 Å². The van der Waals surface area contributed by atoms with Crippen LogP contribution in [0.25, 0.3) is 0 Å².